The molecule has 7 nitrogen and oxygen atoms in total. The van der Waals surface area contributed by atoms with Crippen molar-refractivity contribution >= 4 is 17.6 Å². The quantitative estimate of drug-likeness (QED) is 0.468. The molecule has 1 amide bonds. The smallest absolute Gasteiger partial charge is 0.289 e. The first-order valence-electron chi connectivity index (χ1n) is 6.41. The molecule has 20 heavy (non-hydrogen) atoms. The average Bonchev–Trinajstić information content (AvgIpc) is 2.73. The molecule has 0 bridgehead atoms. The van der Waals surface area contributed by atoms with Crippen molar-refractivity contribution in [3.05, 3.63) is 22.6 Å². The zero-order valence-electron chi connectivity index (χ0n) is 11.9. The van der Waals surface area contributed by atoms with E-state index in [0.29, 0.717) is 5.76 Å². The molecule has 1 heterocycles. The van der Waals surface area contributed by atoms with Gasteiger partial charge >= 0.3 is 0 Å². The second kappa shape index (κ2) is 5.36. The molecule has 0 aromatic carbocycles. The first-order valence-corrected chi connectivity index (χ1v) is 6.41. The predicted octanol–water partition coefficient (Wildman–Crippen LogP) is 0.604. The number of rotatable bonds is 2. The summed E-state index contributed by atoms with van der Waals surface area (Å²) in [7, 11) is 3.38. The number of hydrogen-bond donors (Lipinski definition) is 2. The van der Waals surface area contributed by atoms with Crippen molar-refractivity contribution < 1.29 is 9.21 Å². The Kier molecular flexibility index (Phi) is 3.78. The van der Waals surface area contributed by atoms with Crippen LogP contribution in [-0.2, 0) is 6.42 Å². The van der Waals surface area contributed by atoms with Gasteiger partial charge in [0, 0.05) is 31.6 Å². The van der Waals surface area contributed by atoms with Gasteiger partial charge in [0.25, 0.3) is 5.91 Å². The van der Waals surface area contributed by atoms with Crippen molar-refractivity contribution in [1.82, 2.24) is 4.90 Å². The second-order valence-electron chi connectivity index (χ2n) is 4.98. The Balaban J connectivity index is 2.50. The van der Waals surface area contributed by atoms with E-state index < -0.39 is 0 Å². The highest BCUT2D eigenvalue weighted by molar-refractivity contribution is 6.06. The van der Waals surface area contributed by atoms with E-state index in [9.17, 15) is 4.79 Å². The van der Waals surface area contributed by atoms with Gasteiger partial charge in [-0.3, -0.25) is 4.79 Å². The van der Waals surface area contributed by atoms with Gasteiger partial charge in [0.05, 0.1) is 5.71 Å². The number of aryl methyl sites for hydroxylation is 1. The molecule has 0 spiro atoms. The van der Waals surface area contributed by atoms with Gasteiger partial charge in [-0.2, -0.15) is 5.10 Å². The minimum Gasteiger partial charge on any atom is -0.455 e. The van der Waals surface area contributed by atoms with Crippen LogP contribution in [0.25, 0.3) is 0 Å². The Bertz CT molecular complexity index is 594. The fourth-order valence-electron chi connectivity index (χ4n) is 2.29. The van der Waals surface area contributed by atoms with Gasteiger partial charge in [0.15, 0.2) is 5.76 Å². The molecule has 0 radical (unpaired) electrons. The Morgan fingerprint density at radius 1 is 1.30 bits per heavy atom. The van der Waals surface area contributed by atoms with Gasteiger partial charge in [-0.15, -0.1) is 5.10 Å². The molecule has 1 aliphatic carbocycles. The van der Waals surface area contributed by atoms with Gasteiger partial charge in [0.1, 0.15) is 5.76 Å². The lowest BCUT2D eigenvalue weighted by atomic mass is 9.93. The number of amides is 1. The van der Waals surface area contributed by atoms with Crippen LogP contribution in [0, 0.1) is 6.92 Å². The van der Waals surface area contributed by atoms with Gasteiger partial charge in [-0.1, -0.05) is 0 Å². The lowest BCUT2D eigenvalue weighted by Gasteiger charge is -2.11. The zero-order valence-corrected chi connectivity index (χ0v) is 11.9. The number of carbonyl (C=O) groups is 1. The molecule has 2 rings (SSSR count). The molecule has 0 saturated carbocycles. The fourth-order valence-corrected chi connectivity index (χ4v) is 2.29. The molecular weight excluding hydrogens is 258 g/mol. The molecule has 0 saturated heterocycles. The minimum absolute atomic E-state index is 0.0876. The van der Waals surface area contributed by atoms with E-state index >= 15 is 0 Å². The van der Waals surface area contributed by atoms with Crippen molar-refractivity contribution in [2.24, 2.45) is 21.7 Å². The Hall–Kier alpha value is -2.31. The highest BCUT2D eigenvalue weighted by Crippen LogP contribution is 2.30. The molecule has 0 atom stereocenters. The summed E-state index contributed by atoms with van der Waals surface area (Å²) in [6.07, 6.45) is 2.45. The van der Waals surface area contributed by atoms with E-state index in [1.54, 1.807) is 14.1 Å². The highest BCUT2D eigenvalue weighted by Gasteiger charge is 2.28. The first kappa shape index (κ1) is 14.1. The van der Waals surface area contributed by atoms with E-state index in [4.69, 9.17) is 15.9 Å². The first-order chi connectivity index (χ1) is 9.41. The third-order valence-electron chi connectivity index (χ3n) is 3.21. The zero-order chi connectivity index (χ0) is 14.9. The van der Waals surface area contributed by atoms with Crippen LogP contribution in [0.15, 0.2) is 14.6 Å². The van der Waals surface area contributed by atoms with Gasteiger partial charge in [-0.05, 0) is 19.8 Å². The molecule has 0 aliphatic heterocycles. The van der Waals surface area contributed by atoms with Crippen molar-refractivity contribution in [3.8, 4) is 0 Å². The van der Waals surface area contributed by atoms with Crippen molar-refractivity contribution in [3.63, 3.8) is 0 Å². The monoisotopic (exact) mass is 277 g/mol. The summed E-state index contributed by atoms with van der Waals surface area (Å²) in [4.78, 5) is 13.6. The molecule has 1 aromatic heterocycles. The highest BCUT2D eigenvalue weighted by atomic mass is 16.4. The molecule has 0 unspecified atom stereocenters. The molecule has 4 N–H and O–H groups in total. The third-order valence-corrected chi connectivity index (χ3v) is 3.21. The van der Waals surface area contributed by atoms with Crippen LogP contribution in [0.5, 0.6) is 0 Å². The topological polar surface area (TPSA) is 110 Å². The lowest BCUT2D eigenvalue weighted by Crippen LogP contribution is -2.22. The van der Waals surface area contributed by atoms with Crippen molar-refractivity contribution in [2.75, 3.05) is 14.1 Å². The molecule has 1 aromatic rings. The van der Waals surface area contributed by atoms with E-state index in [2.05, 4.69) is 10.2 Å². The van der Waals surface area contributed by atoms with Gasteiger partial charge < -0.3 is 20.8 Å². The third kappa shape index (κ3) is 2.52. The van der Waals surface area contributed by atoms with Crippen LogP contribution in [0.3, 0.4) is 0 Å². The van der Waals surface area contributed by atoms with Crippen molar-refractivity contribution in [1.29, 1.82) is 0 Å². The molecule has 108 valence electrons. The number of guanidine groups is 1. The summed E-state index contributed by atoms with van der Waals surface area (Å²) in [5.41, 5.74) is 13.0. The summed E-state index contributed by atoms with van der Waals surface area (Å²) in [5, 5.41) is 7.77. The summed E-state index contributed by atoms with van der Waals surface area (Å²) in [5.74, 6) is 0.899. The summed E-state index contributed by atoms with van der Waals surface area (Å²) >= 11 is 0. The number of carbonyl (C=O) groups excluding carboxylic acids is 1. The second-order valence-corrected chi connectivity index (χ2v) is 4.98. The Morgan fingerprint density at radius 2 is 2.00 bits per heavy atom. The lowest BCUT2D eigenvalue weighted by molar-refractivity contribution is 0.0794. The van der Waals surface area contributed by atoms with Gasteiger partial charge in [0.2, 0.25) is 5.96 Å². The minimum atomic E-state index is -0.155. The number of furan rings is 1. The van der Waals surface area contributed by atoms with E-state index in [1.807, 2.05) is 6.92 Å². The molecular formula is C13H19N5O2. The maximum absolute atomic E-state index is 12.1. The number of nitrogens with zero attached hydrogens (tertiary/aromatic N) is 3. The predicted molar refractivity (Wildman–Crippen MR) is 76.7 cm³/mol. The van der Waals surface area contributed by atoms with Crippen LogP contribution in [0.4, 0.5) is 0 Å². The number of fused-ring (bicyclic) bond motifs is 1. The van der Waals surface area contributed by atoms with Crippen LogP contribution in [0.2, 0.25) is 0 Å². The summed E-state index contributed by atoms with van der Waals surface area (Å²) < 4.78 is 5.71. The number of hydrogen-bond acceptors (Lipinski definition) is 4. The SMILES string of the molecule is Cc1c(C(=O)N(C)C)oc2c1/C(=N/N=C(N)N)CCC2. The van der Waals surface area contributed by atoms with E-state index in [1.165, 1.54) is 4.90 Å². The summed E-state index contributed by atoms with van der Waals surface area (Å²) in [6.45, 7) is 1.86. The van der Waals surface area contributed by atoms with Crippen LogP contribution >= 0.6 is 0 Å². The average molecular weight is 277 g/mol. The molecule has 0 fully saturated rings. The van der Waals surface area contributed by atoms with Gasteiger partial charge in [-0.25, -0.2) is 0 Å². The van der Waals surface area contributed by atoms with E-state index in [-0.39, 0.29) is 11.9 Å². The molecule has 7 heteroatoms. The van der Waals surface area contributed by atoms with E-state index in [0.717, 1.165) is 41.9 Å². The fraction of sp³-hybridized carbons (Fsp3) is 0.462. The summed E-state index contributed by atoms with van der Waals surface area (Å²) in [6, 6.07) is 0. The van der Waals surface area contributed by atoms with Crippen LogP contribution in [-0.4, -0.2) is 36.6 Å². The Labute approximate surface area is 117 Å². The van der Waals surface area contributed by atoms with Crippen LogP contribution < -0.4 is 11.5 Å². The molecule has 1 aliphatic rings. The maximum Gasteiger partial charge on any atom is 0.289 e. The van der Waals surface area contributed by atoms with Crippen molar-refractivity contribution in [2.45, 2.75) is 26.2 Å². The largest absolute Gasteiger partial charge is 0.455 e. The standard InChI is InChI=1S/C13H19N5O2/c1-7-10-8(16-17-13(14)15)5-4-6-9(10)20-11(7)12(19)18(2)3/h4-6H2,1-3H3,(H4,14,15,17)/b16-8+. The normalized spacial score (nSPS) is 15.8. The van der Waals surface area contributed by atoms with Crippen LogP contribution in [0.1, 0.15) is 40.3 Å². The number of nitrogens with two attached hydrogens (primary N) is 2. The maximum atomic E-state index is 12.1. The Morgan fingerprint density at radius 3 is 2.60 bits per heavy atom.